The molecule has 54 heavy (non-hydrogen) atoms. The van der Waals surface area contributed by atoms with Gasteiger partial charge < -0.3 is 34.4 Å². The molecule has 292 valence electrons. The molecule has 0 aliphatic carbocycles. The van der Waals surface area contributed by atoms with E-state index in [0.717, 1.165) is 5.56 Å². The fraction of sp³-hybridized carbons (Fsp3) is 0.512. The molecule has 1 spiro atoms. The molecule has 3 aliphatic heterocycles. The molecular formula is C41H51BrClN3O8. The molecule has 0 radical (unpaired) electrons. The van der Waals surface area contributed by atoms with E-state index < -0.39 is 77.0 Å². The first-order chi connectivity index (χ1) is 25.8. The van der Waals surface area contributed by atoms with Crippen LogP contribution in [0.3, 0.4) is 0 Å². The second kappa shape index (κ2) is 17.9. The molecule has 3 aliphatic rings. The SMILES string of the molecule is C=CCCC(=O)N[C@@H](COC)[C@@H](OC(=O)[C@H]1[C@@H]2O[C@@]3(CC2Br)[C@@H]1C(=O)N([C@@H](CO)CC(C)C)[C@@H]3C(=O)N(CC=C)c1c(C)cccc1Cl)c1ccccc1. The average Bonchev–Trinajstić information content (AvgIpc) is 3.74. The molecule has 3 heterocycles. The number of amides is 3. The van der Waals surface area contributed by atoms with Crippen molar-refractivity contribution in [1.29, 1.82) is 0 Å². The first kappa shape index (κ1) is 41.6. The van der Waals surface area contributed by atoms with Crippen molar-refractivity contribution in [2.75, 3.05) is 31.8 Å². The fourth-order valence-electron chi connectivity index (χ4n) is 8.49. The zero-order chi connectivity index (χ0) is 39.3. The summed E-state index contributed by atoms with van der Waals surface area (Å²) >= 11 is 10.5. The van der Waals surface area contributed by atoms with Gasteiger partial charge >= 0.3 is 5.97 Å². The van der Waals surface area contributed by atoms with Crippen LogP contribution in [-0.4, -0.2) is 95.2 Å². The molecule has 9 atom stereocenters. The Balaban J connectivity index is 1.59. The van der Waals surface area contributed by atoms with E-state index >= 15 is 4.79 Å². The molecule has 11 nitrogen and oxygen atoms in total. The maximum atomic E-state index is 15.2. The maximum absolute atomic E-state index is 15.2. The van der Waals surface area contributed by atoms with Gasteiger partial charge in [-0.15, -0.1) is 13.2 Å². The largest absolute Gasteiger partial charge is 0.455 e. The van der Waals surface area contributed by atoms with Gasteiger partial charge in [0.05, 0.1) is 53.9 Å². The quantitative estimate of drug-likeness (QED) is 0.111. The Morgan fingerprint density at radius 2 is 1.89 bits per heavy atom. The third kappa shape index (κ3) is 8.04. The highest BCUT2D eigenvalue weighted by Gasteiger charge is 2.77. The standard InChI is InChI=1S/C41H51BrClN3O8/c1-7-9-18-31(48)44-30(23-52-6)35(26-15-11-10-12-16-26)53-40(51)32-33-38(49)46(27(22-47)20-24(3)4)37(41(33)21-28(42)36(32)54-41)39(50)45(19-8-2)34-25(5)14-13-17-29(34)43/h7-8,10-17,24,27-28,30,32-33,35-37,47H,1-2,9,18-23H2,3-6H3,(H,44,48)/t27-,28?,30+,32-,33+,35+,36-,37-,41+/m1/s1. The number of hydrogen-bond donors (Lipinski definition) is 2. The number of esters is 1. The predicted molar refractivity (Wildman–Crippen MR) is 210 cm³/mol. The number of hydrogen-bond acceptors (Lipinski definition) is 8. The first-order valence-electron chi connectivity index (χ1n) is 18.4. The number of aliphatic hydroxyl groups is 1. The Morgan fingerprint density at radius 1 is 1.17 bits per heavy atom. The third-order valence-corrected chi connectivity index (χ3v) is 11.8. The Labute approximate surface area is 331 Å². The van der Waals surface area contributed by atoms with Gasteiger partial charge in [0.15, 0.2) is 0 Å². The van der Waals surface area contributed by atoms with E-state index in [1.807, 2.05) is 32.9 Å². The highest BCUT2D eigenvalue weighted by Crippen LogP contribution is 2.61. The summed E-state index contributed by atoms with van der Waals surface area (Å²) < 4.78 is 18.6. The van der Waals surface area contributed by atoms with Crippen LogP contribution >= 0.6 is 27.5 Å². The lowest BCUT2D eigenvalue weighted by molar-refractivity contribution is -0.163. The summed E-state index contributed by atoms with van der Waals surface area (Å²) in [5, 5.41) is 14.1. The fourth-order valence-corrected chi connectivity index (χ4v) is 9.75. The number of carbonyl (C=O) groups is 4. The number of anilines is 1. The van der Waals surface area contributed by atoms with E-state index in [4.69, 9.17) is 25.8 Å². The van der Waals surface area contributed by atoms with Crippen LogP contribution in [0.5, 0.6) is 0 Å². The summed E-state index contributed by atoms with van der Waals surface area (Å²) in [4.78, 5) is 60.4. The van der Waals surface area contributed by atoms with E-state index in [2.05, 4.69) is 34.4 Å². The second-order valence-electron chi connectivity index (χ2n) is 14.7. The lowest BCUT2D eigenvalue weighted by Crippen LogP contribution is -2.59. The van der Waals surface area contributed by atoms with E-state index in [9.17, 15) is 19.5 Å². The van der Waals surface area contributed by atoms with Crippen LogP contribution in [0.1, 0.15) is 56.8 Å². The normalized spacial score (nSPS) is 25.9. The summed E-state index contributed by atoms with van der Waals surface area (Å²) in [6.45, 7) is 13.1. The van der Waals surface area contributed by atoms with E-state index in [0.29, 0.717) is 29.1 Å². The number of alkyl halides is 1. The van der Waals surface area contributed by atoms with Crippen LogP contribution in [0.4, 0.5) is 5.69 Å². The summed E-state index contributed by atoms with van der Waals surface area (Å²) in [6, 6.07) is 11.6. The number of ether oxygens (including phenoxy) is 3. The van der Waals surface area contributed by atoms with Crippen molar-refractivity contribution >= 4 is 56.9 Å². The number of fused-ring (bicyclic) bond motifs is 1. The number of benzene rings is 2. The minimum Gasteiger partial charge on any atom is -0.455 e. The minimum atomic E-state index is -1.44. The molecule has 3 fully saturated rings. The van der Waals surface area contributed by atoms with Gasteiger partial charge in [0.1, 0.15) is 17.7 Å². The summed E-state index contributed by atoms with van der Waals surface area (Å²) in [7, 11) is 1.49. The molecule has 3 saturated heterocycles. The van der Waals surface area contributed by atoms with Crippen molar-refractivity contribution in [1.82, 2.24) is 10.2 Å². The van der Waals surface area contributed by atoms with E-state index in [1.54, 1.807) is 48.6 Å². The maximum Gasteiger partial charge on any atom is 0.313 e. The number of nitrogens with zero attached hydrogens (tertiary/aromatic N) is 2. The number of para-hydroxylation sites is 1. The highest BCUT2D eigenvalue weighted by atomic mass is 79.9. The van der Waals surface area contributed by atoms with E-state index in [-0.39, 0.29) is 37.8 Å². The van der Waals surface area contributed by atoms with Gasteiger partial charge in [-0.25, -0.2) is 0 Å². The third-order valence-electron chi connectivity index (χ3n) is 10.6. The molecular weight excluding hydrogens is 778 g/mol. The number of aryl methyl sites for hydroxylation is 1. The van der Waals surface area contributed by atoms with Crippen LogP contribution in [0, 0.1) is 24.7 Å². The van der Waals surface area contributed by atoms with Crippen molar-refractivity contribution in [3.8, 4) is 0 Å². The molecule has 0 aromatic heterocycles. The average molecular weight is 829 g/mol. The zero-order valence-electron chi connectivity index (χ0n) is 31.3. The lowest BCUT2D eigenvalue weighted by Gasteiger charge is -2.40. The smallest absolute Gasteiger partial charge is 0.313 e. The number of aliphatic hydroxyl groups excluding tert-OH is 1. The Morgan fingerprint density at radius 3 is 2.50 bits per heavy atom. The van der Waals surface area contributed by atoms with Crippen molar-refractivity contribution in [3.05, 3.63) is 90.0 Å². The number of carbonyl (C=O) groups excluding carboxylic acids is 4. The molecule has 3 amide bonds. The number of nitrogens with one attached hydrogen (secondary N) is 1. The molecule has 1 unspecified atom stereocenters. The number of allylic oxidation sites excluding steroid dienone is 1. The van der Waals surface area contributed by atoms with Crippen molar-refractivity contribution in [3.63, 3.8) is 0 Å². The molecule has 2 aromatic carbocycles. The Kier molecular flexibility index (Phi) is 13.8. The van der Waals surface area contributed by atoms with Crippen LogP contribution in [0.2, 0.25) is 5.02 Å². The molecule has 0 saturated carbocycles. The van der Waals surface area contributed by atoms with Gasteiger partial charge in [0.2, 0.25) is 11.8 Å². The lowest BCUT2D eigenvalue weighted by atomic mass is 9.70. The van der Waals surface area contributed by atoms with E-state index in [1.165, 1.54) is 16.9 Å². The number of rotatable bonds is 18. The highest BCUT2D eigenvalue weighted by molar-refractivity contribution is 9.09. The summed E-state index contributed by atoms with van der Waals surface area (Å²) in [5.41, 5.74) is 0.396. The summed E-state index contributed by atoms with van der Waals surface area (Å²) in [6.07, 6.45) is 2.74. The Hall–Kier alpha value is -3.55. The monoisotopic (exact) mass is 827 g/mol. The van der Waals surface area contributed by atoms with Crippen molar-refractivity contribution < 1.29 is 38.5 Å². The Bertz CT molecular complexity index is 1690. The predicted octanol–water partition coefficient (Wildman–Crippen LogP) is 5.70. The summed E-state index contributed by atoms with van der Waals surface area (Å²) in [5.74, 6) is -4.05. The topological polar surface area (TPSA) is 135 Å². The molecule has 2 aromatic rings. The van der Waals surface area contributed by atoms with Gasteiger partial charge in [-0.2, -0.15) is 0 Å². The number of methoxy groups -OCH3 is 1. The molecule has 5 rings (SSSR count). The van der Waals surface area contributed by atoms with Crippen LogP contribution < -0.4 is 10.2 Å². The van der Waals surface area contributed by atoms with Crippen molar-refractivity contribution in [2.45, 2.75) is 87.2 Å². The number of halogens is 2. The number of likely N-dealkylation sites (tertiary alicyclic amines) is 1. The second-order valence-corrected chi connectivity index (χ2v) is 16.3. The van der Waals surface area contributed by atoms with Crippen molar-refractivity contribution in [2.24, 2.45) is 17.8 Å². The molecule has 2 bridgehead atoms. The van der Waals surface area contributed by atoms with Gasteiger partial charge in [-0.1, -0.05) is 96.0 Å². The van der Waals surface area contributed by atoms with Crippen LogP contribution in [0.15, 0.2) is 73.8 Å². The zero-order valence-corrected chi connectivity index (χ0v) is 33.6. The van der Waals surface area contributed by atoms with Crippen LogP contribution in [0.25, 0.3) is 0 Å². The molecule has 13 heteroatoms. The van der Waals surface area contributed by atoms with Gasteiger partial charge in [-0.3, -0.25) is 19.2 Å². The van der Waals surface area contributed by atoms with Gasteiger partial charge in [0, 0.05) is 24.9 Å². The minimum absolute atomic E-state index is 0.0307. The van der Waals surface area contributed by atoms with Gasteiger partial charge in [-0.05, 0) is 49.3 Å². The first-order valence-corrected chi connectivity index (χ1v) is 19.7. The van der Waals surface area contributed by atoms with Gasteiger partial charge in [0.25, 0.3) is 5.91 Å². The molecule has 2 N–H and O–H groups in total. The van der Waals surface area contributed by atoms with Crippen LogP contribution in [-0.2, 0) is 33.4 Å².